The van der Waals surface area contributed by atoms with Gasteiger partial charge in [-0.1, -0.05) is 17.3 Å². The van der Waals surface area contributed by atoms with Crippen molar-refractivity contribution >= 4 is 5.91 Å². The summed E-state index contributed by atoms with van der Waals surface area (Å²) in [5, 5.41) is 11.2. The van der Waals surface area contributed by atoms with Gasteiger partial charge in [0.1, 0.15) is 12.4 Å². The van der Waals surface area contributed by atoms with E-state index in [1.165, 1.54) is 0 Å². The third-order valence-corrected chi connectivity index (χ3v) is 4.99. The average molecular weight is 441 g/mol. The predicted octanol–water partition coefficient (Wildman–Crippen LogP) is 3.11. The Morgan fingerprint density at radius 3 is 2.59 bits per heavy atom. The molecule has 1 amide bonds. The third kappa shape index (κ3) is 5.17. The second-order valence-corrected chi connectivity index (χ2v) is 7.08. The minimum absolute atomic E-state index is 0.256. The van der Waals surface area contributed by atoms with Gasteiger partial charge in [0.15, 0.2) is 17.2 Å². The van der Waals surface area contributed by atoms with E-state index in [1.807, 2.05) is 49.4 Å². The molecular formula is C23H28N4O5. The first-order chi connectivity index (χ1) is 15.5. The lowest BCUT2D eigenvalue weighted by Crippen LogP contribution is -2.27. The monoisotopic (exact) mass is 440 g/mol. The number of ether oxygens (including phenoxy) is 4. The highest BCUT2D eigenvalue weighted by Gasteiger charge is 2.20. The lowest BCUT2D eigenvalue weighted by molar-refractivity contribution is 0.0934. The average Bonchev–Trinajstić information content (AvgIpc) is 3.20. The van der Waals surface area contributed by atoms with Crippen LogP contribution in [0.2, 0.25) is 0 Å². The topological polar surface area (TPSA) is 96.7 Å². The van der Waals surface area contributed by atoms with Crippen molar-refractivity contribution in [3.63, 3.8) is 0 Å². The molecular weight excluding hydrogens is 412 g/mol. The number of carbonyl (C=O) groups excluding carboxylic acids is 1. The van der Waals surface area contributed by atoms with E-state index in [2.05, 4.69) is 15.6 Å². The molecule has 3 aromatic rings. The fraction of sp³-hybridized carbons (Fsp3) is 0.348. The van der Waals surface area contributed by atoms with Crippen LogP contribution in [0.3, 0.4) is 0 Å². The van der Waals surface area contributed by atoms with Crippen LogP contribution in [0.25, 0.3) is 5.69 Å². The van der Waals surface area contributed by atoms with E-state index in [-0.39, 0.29) is 17.6 Å². The zero-order valence-electron chi connectivity index (χ0n) is 18.9. The van der Waals surface area contributed by atoms with Gasteiger partial charge < -0.3 is 24.3 Å². The van der Waals surface area contributed by atoms with Crippen molar-refractivity contribution in [3.05, 3.63) is 59.4 Å². The number of aromatic nitrogens is 3. The van der Waals surface area contributed by atoms with Crippen molar-refractivity contribution in [1.82, 2.24) is 20.3 Å². The Hall–Kier alpha value is -3.59. The molecule has 1 aromatic heterocycles. The van der Waals surface area contributed by atoms with Crippen molar-refractivity contribution in [2.45, 2.75) is 19.9 Å². The first-order valence-corrected chi connectivity index (χ1v) is 10.2. The van der Waals surface area contributed by atoms with E-state index in [0.29, 0.717) is 36.2 Å². The molecule has 0 aliphatic heterocycles. The lowest BCUT2D eigenvalue weighted by atomic mass is 10.1. The number of amides is 1. The molecule has 9 nitrogen and oxygen atoms in total. The van der Waals surface area contributed by atoms with Gasteiger partial charge in [0, 0.05) is 13.2 Å². The van der Waals surface area contributed by atoms with Crippen LogP contribution in [0.4, 0.5) is 0 Å². The summed E-state index contributed by atoms with van der Waals surface area (Å²) in [5.41, 5.74) is 2.51. The minimum atomic E-state index is -0.316. The van der Waals surface area contributed by atoms with Gasteiger partial charge in [-0.3, -0.25) is 4.79 Å². The van der Waals surface area contributed by atoms with Gasteiger partial charge in [0.25, 0.3) is 5.91 Å². The van der Waals surface area contributed by atoms with Crippen molar-refractivity contribution in [3.8, 4) is 22.9 Å². The second-order valence-electron chi connectivity index (χ2n) is 7.08. The summed E-state index contributed by atoms with van der Waals surface area (Å²) in [6.45, 7) is 4.59. The van der Waals surface area contributed by atoms with Gasteiger partial charge in [-0.15, -0.1) is 5.10 Å². The molecule has 0 spiro atoms. The SMILES string of the molecule is COCCOc1ccc(C(C)NC(=O)c2nnn(-c3cccc(OC)c3)c2C)cc1OC. The fourth-order valence-electron chi connectivity index (χ4n) is 3.18. The Labute approximate surface area is 187 Å². The van der Waals surface area contributed by atoms with Crippen LogP contribution in [0.15, 0.2) is 42.5 Å². The maximum absolute atomic E-state index is 12.9. The van der Waals surface area contributed by atoms with Gasteiger partial charge in [0.05, 0.1) is 38.2 Å². The maximum atomic E-state index is 12.9. The number of nitrogens with one attached hydrogen (secondary N) is 1. The quantitative estimate of drug-likeness (QED) is 0.484. The number of benzene rings is 2. The molecule has 1 unspecified atom stereocenters. The van der Waals surface area contributed by atoms with Crippen LogP contribution < -0.4 is 19.5 Å². The lowest BCUT2D eigenvalue weighted by Gasteiger charge is -2.17. The number of rotatable bonds is 10. The molecule has 170 valence electrons. The standard InChI is InChI=1S/C23H28N4O5/c1-15(17-9-10-20(21(13-17)31-5)32-12-11-29-3)24-23(28)22-16(2)27(26-25-22)18-7-6-8-19(14-18)30-4/h6-10,13-15H,11-12H2,1-5H3,(H,24,28). The maximum Gasteiger partial charge on any atom is 0.274 e. The Kier molecular flexibility index (Phi) is 7.67. The van der Waals surface area contributed by atoms with E-state index in [4.69, 9.17) is 18.9 Å². The van der Waals surface area contributed by atoms with Crippen LogP contribution >= 0.6 is 0 Å². The zero-order valence-corrected chi connectivity index (χ0v) is 18.9. The fourth-order valence-corrected chi connectivity index (χ4v) is 3.18. The molecule has 1 heterocycles. The molecule has 0 saturated carbocycles. The van der Waals surface area contributed by atoms with Crippen molar-refractivity contribution in [2.75, 3.05) is 34.5 Å². The Balaban J connectivity index is 1.74. The van der Waals surface area contributed by atoms with Crippen LogP contribution in [0.5, 0.6) is 17.2 Å². The summed E-state index contributed by atoms with van der Waals surface area (Å²) < 4.78 is 23.0. The summed E-state index contributed by atoms with van der Waals surface area (Å²) in [5.74, 6) is 1.58. The molecule has 0 aliphatic rings. The van der Waals surface area contributed by atoms with E-state index in [9.17, 15) is 4.79 Å². The molecule has 0 fully saturated rings. The Bertz CT molecular complexity index is 1070. The van der Waals surface area contributed by atoms with Gasteiger partial charge in [-0.2, -0.15) is 0 Å². The smallest absolute Gasteiger partial charge is 0.274 e. The molecule has 9 heteroatoms. The van der Waals surface area contributed by atoms with E-state index < -0.39 is 0 Å². The van der Waals surface area contributed by atoms with Crippen LogP contribution in [0, 0.1) is 6.92 Å². The normalized spacial score (nSPS) is 11.7. The molecule has 0 bridgehead atoms. The van der Waals surface area contributed by atoms with Crippen molar-refractivity contribution in [2.24, 2.45) is 0 Å². The summed E-state index contributed by atoms with van der Waals surface area (Å²) >= 11 is 0. The first-order valence-electron chi connectivity index (χ1n) is 10.2. The minimum Gasteiger partial charge on any atom is -0.497 e. The van der Waals surface area contributed by atoms with Crippen molar-refractivity contribution in [1.29, 1.82) is 0 Å². The summed E-state index contributed by atoms with van der Waals surface area (Å²) in [6.07, 6.45) is 0. The Morgan fingerprint density at radius 2 is 1.88 bits per heavy atom. The van der Waals surface area contributed by atoms with E-state index >= 15 is 0 Å². The summed E-state index contributed by atoms with van der Waals surface area (Å²) in [7, 11) is 4.79. The third-order valence-electron chi connectivity index (χ3n) is 4.99. The number of carbonyl (C=O) groups is 1. The van der Waals surface area contributed by atoms with Crippen LogP contribution in [-0.2, 0) is 4.74 Å². The first kappa shape index (κ1) is 23.1. The molecule has 1 N–H and O–H groups in total. The molecule has 32 heavy (non-hydrogen) atoms. The predicted molar refractivity (Wildman–Crippen MR) is 119 cm³/mol. The van der Waals surface area contributed by atoms with Gasteiger partial charge in [-0.25, -0.2) is 4.68 Å². The van der Waals surface area contributed by atoms with Gasteiger partial charge >= 0.3 is 0 Å². The number of hydrogen-bond donors (Lipinski definition) is 1. The number of nitrogens with zero attached hydrogens (tertiary/aromatic N) is 3. The molecule has 0 saturated heterocycles. The highest BCUT2D eigenvalue weighted by atomic mass is 16.5. The highest BCUT2D eigenvalue weighted by Crippen LogP contribution is 2.30. The van der Waals surface area contributed by atoms with Crippen LogP contribution in [-0.4, -0.2) is 55.4 Å². The van der Waals surface area contributed by atoms with E-state index in [0.717, 1.165) is 11.3 Å². The Morgan fingerprint density at radius 1 is 1.06 bits per heavy atom. The van der Waals surface area contributed by atoms with E-state index in [1.54, 1.807) is 32.9 Å². The summed E-state index contributed by atoms with van der Waals surface area (Å²) in [6, 6.07) is 12.6. The second kappa shape index (κ2) is 10.6. The van der Waals surface area contributed by atoms with Crippen LogP contribution in [0.1, 0.15) is 34.7 Å². The van der Waals surface area contributed by atoms with Gasteiger partial charge in [0.2, 0.25) is 0 Å². The molecule has 0 radical (unpaired) electrons. The number of hydrogen-bond acceptors (Lipinski definition) is 7. The number of methoxy groups -OCH3 is 3. The molecule has 2 aromatic carbocycles. The highest BCUT2D eigenvalue weighted by molar-refractivity contribution is 5.93. The molecule has 0 aliphatic carbocycles. The largest absolute Gasteiger partial charge is 0.497 e. The van der Waals surface area contributed by atoms with Gasteiger partial charge in [-0.05, 0) is 43.7 Å². The zero-order chi connectivity index (χ0) is 23.1. The molecule has 3 rings (SSSR count). The van der Waals surface area contributed by atoms with Crippen molar-refractivity contribution < 1.29 is 23.7 Å². The molecule has 1 atom stereocenters. The summed E-state index contributed by atoms with van der Waals surface area (Å²) in [4.78, 5) is 12.9.